The molecule has 2 unspecified atom stereocenters. The number of imidazole rings is 1. The monoisotopic (exact) mass is 605 g/mol. The third-order valence-electron chi connectivity index (χ3n) is 6.23. The van der Waals surface area contributed by atoms with Crippen molar-refractivity contribution in [3.63, 3.8) is 0 Å². The Hall–Kier alpha value is -2.02. The highest BCUT2D eigenvalue weighted by molar-refractivity contribution is 8.07. The molecular weight excluding hydrogens is 565 g/mol. The summed E-state index contributed by atoms with van der Waals surface area (Å²) in [6, 6.07) is 10.1. The Labute approximate surface area is 246 Å². The fraction of sp³-hybridized carbons (Fsp3) is 0.607. The molecule has 2 aliphatic rings. The number of hydrogen-bond donors (Lipinski definition) is 1. The number of benzene rings is 1. The topological polar surface area (TPSA) is 111 Å². The summed E-state index contributed by atoms with van der Waals surface area (Å²) in [4.78, 5) is 13.6. The van der Waals surface area contributed by atoms with Gasteiger partial charge in [0.1, 0.15) is 24.6 Å². The van der Waals surface area contributed by atoms with Crippen molar-refractivity contribution in [2.45, 2.75) is 103 Å². The van der Waals surface area contributed by atoms with E-state index in [2.05, 4.69) is 32.4 Å². The normalized spacial score (nSPS) is 24.6. The highest BCUT2D eigenvalue weighted by Gasteiger charge is 2.56. The van der Waals surface area contributed by atoms with Crippen LogP contribution < -0.4 is 5.32 Å². The van der Waals surface area contributed by atoms with Crippen LogP contribution in [-0.2, 0) is 46.1 Å². The lowest BCUT2D eigenvalue weighted by molar-refractivity contribution is -0.199. The second kappa shape index (κ2) is 11.2. The van der Waals surface area contributed by atoms with E-state index in [4.69, 9.17) is 39.6 Å². The molecule has 11 nitrogen and oxygen atoms in total. The second-order valence-corrected chi connectivity index (χ2v) is 15.5. The van der Waals surface area contributed by atoms with Gasteiger partial charge < -0.3 is 33.1 Å². The van der Waals surface area contributed by atoms with Crippen LogP contribution in [0, 0.1) is 0 Å². The van der Waals surface area contributed by atoms with Gasteiger partial charge in [0, 0.05) is 6.54 Å². The summed E-state index contributed by atoms with van der Waals surface area (Å²) in [5.74, 6) is -0.178. The van der Waals surface area contributed by atoms with Crippen LogP contribution in [0.5, 0.6) is 0 Å². The largest absolute Gasteiger partial charge is 0.364 e. The lowest BCUT2D eigenvalue weighted by Crippen LogP contribution is -2.33. The van der Waals surface area contributed by atoms with E-state index < -0.39 is 48.2 Å². The van der Waals surface area contributed by atoms with Gasteiger partial charge in [-0.1, -0.05) is 30.3 Å². The second-order valence-electron chi connectivity index (χ2n) is 12.7. The van der Waals surface area contributed by atoms with Gasteiger partial charge in [-0.05, 0) is 72.8 Å². The van der Waals surface area contributed by atoms with Crippen LogP contribution in [0.2, 0.25) is 0 Å². The average molecular weight is 606 g/mol. The Morgan fingerprint density at radius 1 is 0.976 bits per heavy atom. The maximum absolute atomic E-state index is 6.53. The lowest BCUT2D eigenvalue weighted by Gasteiger charge is -2.34. The van der Waals surface area contributed by atoms with Gasteiger partial charge in [-0.25, -0.2) is 15.0 Å². The molecule has 2 fully saturated rings. The smallest absolute Gasteiger partial charge is 0.328 e. The van der Waals surface area contributed by atoms with Gasteiger partial charge in [-0.2, -0.15) is 0 Å². The minimum Gasteiger partial charge on any atom is -0.364 e. The van der Waals surface area contributed by atoms with Crippen LogP contribution in [0.15, 0.2) is 43.0 Å². The van der Waals surface area contributed by atoms with Crippen LogP contribution in [0.1, 0.15) is 67.2 Å². The van der Waals surface area contributed by atoms with E-state index in [9.17, 15) is 0 Å². The molecule has 1 aromatic carbocycles. The third-order valence-corrected chi connectivity index (χ3v) is 9.00. The lowest BCUT2D eigenvalue weighted by atomic mass is 10.1. The maximum Gasteiger partial charge on any atom is 0.328 e. The molecule has 0 spiro atoms. The molecule has 5 rings (SSSR count). The van der Waals surface area contributed by atoms with Gasteiger partial charge >= 0.3 is 6.72 Å². The number of ether oxygens (including phenoxy) is 3. The minimum absolute atomic E-state index is 0.103. The Morgan fingerprint density at radius 2 is 1.63 bits per heavy atom. The zero-order chi connectivity index (χ0) is 29.6. The first kappa shape index (κ1) is 30.4. The number of fused-ring (bicyclic) bond motifs is 2. The van der Waals surface area contributed by atoms with Crippen LogP contribution in [-0.4, -0.2) is 61.4 Å². The van der Waals surface area contributed by atoms with E-state index in [0.717, 1.165) is 5.56 Å². The molecule has 2 aromatic heterocycles. The molecule has 1 N–H and O–H groups in total. The first-order chi connectivity index (χ1) is 19.1. The van der Waals surface area contributed by atoms with E-state index in [1.54, 1.807) is 6.33 Å². The Morgan fingerprint density at radius 3 is 2.29 bits per heavy atom. The molecule has 0 saturated carbocycles. The summed E-state index contributed by atoms with van der Waals surface area (Å²) in [5, 5.41) is 3.37. The minimum atomic E-state index is -3.13. The molecule has 2 saturated heterocycles. The van der Waals surface area contributed by atoms with E-state index >= 15 is 0 Å². The fourth-order valence-electron chi connectivity index (χ4n) is 4.87. The van der Waals surface area contributed by atoms with Gasteiger partial charge in [0.15, 0.2) is 29.0 Å². The number of anilines is 1. The van der Waals surface area contributed by atoms with Crippen LogP contribution in [0.4, 0.5) is 5.82 Å². The zero-order valence-electron chi connectivity index (χ0n) is 24.9. The summed E-state index contributed by atoms with van der Waals surface area (Å²) in [7, 11) is 0. The molecule has 4 atom stereocenters. The molecule has 224 valence electrons. The number of hydrogen-bond acceptors (Lipinski definition) is 11. The van der Waals surface area contributed by atoms with Crippen molar-refractivity contribution in [3.8, 4) is 0 Å². The summed E-state index contributed by atoms with van der Waals surface area (Å²) in [6.45, 7) is 12.9. The van der Waals surface area contributed by atoms with E-state index in [1.807, 2.05) is 78.2 Å². The van der Waals surface area contributed by atoms with Gasteiger partial charge in [0.05, 0.1) is 24.1 Å². The quantitative estimate of drug-likeness (QED) is 0.302. The first-order valence-electron chi connectivity index (χ1n) is 13.7. The van der Waals surface area contributed by atoms with Crippen LogP contribution in [0.25, 0.3) is 11.2 Å². The summed E-state index contributed by atoms with van der Waals surface area (Å²) in [6.07, 6.45) is 1.29. The first-order valence-corrected chi connectivity index (χ1v) is 16.3. The molecule has 0 aliphatic carbocycles. The molecular formula is C28H40N5O6PS. The molecule has 41 heavy (non-hydrogen) atoms. The van der Waals surface area contributed by atoms with E-state index in [1.165, 1.54) is 6.33 Å². The molecule has 0 bridgehead atoms. The van der Waals surface area contributed by atoms with Gasteiger partial charge in [0.25, 0.3) is 0 Å². The summed E-state index contributed by atoms with van der Waals surface area (Å²) in [5.41, 5.74) is 1.27. The third kappa shape index (κ3) is 7.32. The van der Waals surface area contributed by atoms with Crippen molar-refractivity contribution >= 4 is 35.5 Å². The zero-order valence-corrected chi connectivity index (χ0v) is 26.6. The number of rotatable bonds is 9. The molecule has 3 aromatic rings. The van der Waals surface area contributed by atoms with Crippen molar-refractivity contribution in [2.75, 3.05) is 11.9 Å². The van der Waals surface area contributed by atoms with E-state index in [0.29, 0.717) is 23.5 Å². The Kier molecular flexibility index (Phi) is 8.34. The molecule has 13 heteroatoms. The van der Waals surface area contributed by atoms with Crippen molar-refractivity contribution < 1.29 is 27.8 Å². The van der Waals surface area contributed by atoms with Gasteiger partial charge in [0.2, 0.25) is 0 Å². The molecule has 2 aliphatic heterocycles. The number of nitrogens with zero attached hydrogens (tertiary/aromatic N) is 4. The number of nitrogens with one attached hydrogen (secondary N) is 1. The Balaban J connectivity index is 1.38. The van der Waals surface area contributed by atoms with Crippen molar-refractivity contribution in [1.82, 2.24) is 19.5 Å². The highest BCUT2D eigenvalue weighted by Crippen LogP contribution is 2.56. The molecule has 0 amide bonds. The van der Waals surface area contributed by atoms with Crippen molar-refractivity contribution in [1.29, 1.82) is 0 Å². The number of aromatic nitrogens is 4. The fourth-order valence-corrected chi connectivity index (χ4v) is 8.21. The predicted molar refractivity (Wildman–Crippen MR) is 159 cm³/mol. The molecule has 0 radical (unpaired) electrons. The highest BCUT2D eigenvalue weighted by atomic mass is 32.5. The summed E-state index contributed by atoms with van der Waals surface area (Å²) < 4.78 is 39.6. The maximum atomic E-state index is 6.53. The predicted octanol–water partition coefficient (Wildman–Crippen LogP) is 5.73. The SMILES string of the molecule is CC(C)(C)OP(=S)(OC[C@H]1O[C@@H](n2cnc3c(NCc4ccccc4)ncnc32)C2OC(C)(C)OC21)OC(C)(C)C. The van der Waals surface area contributed by atoms with Crippen molar-refractivity contribution in [3.05, 3.63) is 48.5 Å². The summed E-state index contributed by atoms with van der Waals surface area (Å²) >= 11 is 5.82. The van der Waals surface area contributed by atoms with Crippen molar-refractivity contribution in [2.24, 2.45) is 0 Å². The van der Waals surface area contributed by atoms with Crippen LogP contribution >= 0.6 is 6.72 Å². The molecule has 4 heterocycles. The standard InChI is InChI=1S/C28H40N5O6PS/c1-26(2,3)38-40(41,39-27(4,5)6)34-15-19-21-22(37-28(7,8)36-21)25(35-19)33-17-32-20-23(30-16-31-24(20)33)29-14-18-12-10-9-11-13-18/h9-13,16-17,19,21-22,25H,14-15H2,1-8H3,(H,29,30,31)/t19-,21?,22?,25-/m1/s1. The average Bonchev–Trinajstić information content (AvgIpc) is 3.50. The van der Waals surface area contributed by atoms with Gasteiger partial charge in [-0.15, -0.1) is 0 Å². The van der Waals surface area contributed by atoms with Crippen LogP contribution in [0.3, 0.4) is 0 Å². The Bertz CT molecular complexity index is 1390. The van der Waals surface area contributed by atoms with E-state index in [-0.39, 0.29) is 6.61 Å². The van der Waals surface area contributed by atoms with Gasteiger partial charge in [-0.3, -0.25) is 4.57 Å².